The van der Waals surface area contributed by atoms with Gasteiger partial charge in [0.2, 0.25) is 0 Å². The van der Waals surface area contributed by atoms with E-state index in [9.17, 15) is 0 Å². The summed E-state index contributed by atoms with van der Waals surface area (Å²) in [5, 5.41) is 0. The van der Waals surface area contributed by atoms with Crippen LogP contribution < -0.4 is 0 Å². The standard InChI is InChI=1S/C5H9.ClH.Zn/c1-4-5(2)3;;/h1-3H3;1H;/q-1;;+2/p-1. The second-order valence-electron chi connectivity index (χ2n) is 1.25. The van der Waals surface area contributed by atoms with E-state index in [1.165, 1.54) is 5.57 Å². The number of hydrogen-bond acceptors (Lipinski definition) is 0. The predicted octanol–water partition coefficient (Wildman–Crippen LogP) is 2.46. The van der Waals surface area contributed by atoms with Crippen molar-refractivity contribution in [2.24, 2.45) is 0 Å². The van der Waals surface area contributed by atoms with Crippen LogP contribution in [0.4, 0.5) is 0 Å². The maximum atomic E-state index is 4.76. The van der Waals surface area contributed by atoms with Crippen LogP contribution in [0, 0.1) is 6.08 Å². The predicted molar refractivity (Wildman–Crippen MR) is 29.6 cm³/mol. The zero-order chi connectivity index (χ0) is 6.28. The second-order valence-corrected chi connectivity index (χ2v) is 1.25. The van der Waals surface area contributed by atoms with Gasteiger partial charge in [0.1, 0.15) is 0 Å². The van der Waals surface area contributed by atoms with E-state index in [4.69, 9.17) is 9.69 Å². The summed E-state index contributed by atoms with van der Waals surface area (Å²) in [4.78, 5) is 0. The number of rotatable bonds is 0. The second kappa shape index (κ2) is 9.82. The van der Waals surface area contributed by atoms with Gasteiger partial charge in [-0.15, -0.1) is 0 Å². The Morgan fingerprint density at radius 3 is 1.57 bits per heavy atom. The van der Waals surface area contributed by atoms with E-state index in [1.807, 2.05) is 20.8 Å². The zero-order valence-corrected chi connectivity index (χ0v) is 8.81. The van der Waals surface area contributed by atoms with E-state index >= 15 is 0 Å². The summed E-state index contributed by atoms with van der Waals surface area (Å²) in [6.07, 6.45) is 2.94. The maximum absolute atomic E-state index is 4.76. The number of hydrogen-bond donors (Lipinski definition) is 0. The van der Waals surface area contributed by atoms with Crippen molar-refractivity contribution < 1.29 is 17.3 Å². The molecule has 0 saturated carbocycles. The summed E-state index contributed by atoms with van der Waals surface area (Å²) in [6.45, 7) is 5.97. The van der Waals surface area contributed by atoms with Crippen LogP contribution in [0.5, 0.6) is 0 Å². The molecule has 0 unspecified atom stereocenters. The first kappa shape index (κ1) is 10.6. The van der Waals surface area contributed by atoms with Gasteiger partial charge in [-0.05, 0) is 0 Å². The number of halogens is 1. The third kappa shape index (κ3) is 20.5. The molecule has 0 aromatic heterocycles. The quantitative estimate of drug-likeness (QED) is 0.387. The molecule has 0 aliphatic heterocycles. The van der Waals surface area contributed by atoms with Crippen molar-refractivity contribution in [3.63, 3.8) is 0 Å². The van der Waals surface area contributed by atoms with Crippen molar-refractivity contribution in [2.75, 3.05) is 0 Å². The molecule has 0 nitrogen and oxygen atoms in total. The summed E-state index contributed by atoms with van der Waals surface area (Å²) in [7, 11) is 4.76. The van der Waals surface area contributed by atoms with E-state index in [-0.39, 0.29) is 0 Å². The molecule has 0 fully saturated rings. The summed E-state index contributed by atoms with van der Waals surface area (Å²) in [5.74, 6) is 0. The van der Waals surface area contributed by atoms with Gasteiger partial charge < -0.3 is 6.08 Å². The van der Waals surface area contributed by atoms with E-state index < -0.39 is 0 Å². The van der Waals surface area contributed by atoms with E-state index in [1.54, 1.807) is 0 Å². The molecular weight excluding hydrogens is 161 g/mol. The Kier molecular flexibility index (Phi) is 14.9. The van der Waals surface area contributed by atoms with Gasteiger partial charge in [0.25, 0.3) is 0 Å². The van der Waals surface area contributed by atoms with Crippen LogP contribution in [0.2, 0.25) is 0 Å². The van der Waals surface area contributed by atoms with Gasteiger partial charge in [0.05, 0.1) is 0 Å². The Morgan fingerprint density at radius 2 is 1.57 bits per heavy atom. The molecule has 0 N–H and O–H groups in total. The van der Waals surface area contributed by atoms with Crippen molar-refractivity contribution in [1.29, 1.82) is 0 Å². The average molecular weight is 170 g/mol. The van der Waals surface area contributed by atoms with Gasteiger partial charge >= 0.3 is 27.0 Å². The van der Waals surface area contributed by atoms with Crippen LogP contribution in [-0.2, 0) is 17.3 Å². The molecule has 0 amide bonds. The topological polar surface area (TPSA) is 0 Å². The molecule has 2 heteroatoms. The SMILES string of the molecule is C[C-]=C(C)C.[Cl][Zn+]. The van der Waals surface area contributed by atoms with Crippen molar-refractivity contribution in [2.45, 2.75) is 20.8 Å². The van der Waals surface area contributed by atoms with Crippen LogP contribution >= 0.6 is 9.69 Å². The fourth-order valence-corrected chi connectivity index (χ4v) is 0. The molecule has 38 valence electrons. The van der Waals surface area contributed by atoms with E-state index in [0.29, 0.717) is 0 Å². The molecule has 0 spiro atoms. The Bertz CT molecular complexity index is 46.0. The summed E-state index contributed by atoms with van der Waals surface area (Å²) in [6, 6.07) is 0. The minimum absolute atomic E-state index is 0.847. The Morgan fingerprint density at radius 1 is 1.43 bits per heavy atom. The molecular formula is C5H9ClZn. The van der Waals surface area contributed by atoms with Crippen LogP contribution in [0.15, 0.2) is 5.57 Å². The molecule has 7 heavy (non-hydrogen) atoms. The summed E-state index contributed by atoms with van der Waals surface area (Å²) in [5.41, 5.74) is 1.25. The van der Waals surface area contributed by atoms with Crippen molar-refractivity contribution in [3.05, 3.63) is 11.6 Å². The Balaban J connectivity index is 0. The van der Waals surface area contributed by atoms with E-state index in [0.717, 1.165) is 17.3 Å². The van der Waals surface area contributed by atoms with Crippen LogP contribution in [0.25, 0.3) is 0 Å². The van der Waals surface area contributed by atoms with Gasteiger partial charge in [-0.2, -0.15) is 6.92 Å². The van der Waals surface area contributed by atoms with Crippen LogP contribution in [0.3, 0.4) is 0 Å². The third-order valence-corrected chi connectivity index (χ3v) is 0.500. The fraction of sp³-hybridized carbons (Fsp3) is 0.600. The molecule has 0 atom stereocenters. The van der Waals surface area contributed by atoms with Gasteiger partial charge in [-0.25, -0.2) is 0 Å². The van der Waals surface area contributed by atoms with Gasteiger partial charge in [-0.3, -0.25) is 5.57 Å². The van der Waals surface area contributed by atoms with Gasteiger partial charge in [-0.1, -0.05) is 13.8 Å². The van der Waals surface area contributed by atoms with Crippen molar-refractivity contribution in [1.82, 2.24) is 0 Å². The molecule has 0 radical (unpaired) electrons. The molecule has 0 saturated heterocycles. The molecule has 0 aromatic rings. The number of allylic oxidation sites excluding steroid dienone is 2. The molecule has 0 aliphatic carbocycles. The third-order valence-electron chi connectivity index (χ3n) is 0.500. The fourth-order valence-electron chi connectivity index (χ4n) is 0. The first-order valence-corrected chi connectivity index (χ1v) is 5.92. The minimum atomic E-state index is 0.847. The zero-order valence-electron chi connectivity index (χ0n) is 5.09. The normalized spacial score (nSPS) is 6.00. The molecule has 0 rings (SSSR count). The van der Waals surface area contributed by atoms with E-state index in [2.05, 4.69) is 6.08 Å². The molecule has 0 heterocycles. The molecule has 0 aliphatic rings. The molecule has 0 bridgehead atoms. The Labute approximate surface area is 59.7 Å². The van der Waals surface area contributed by atoms with Crippen molar-refractivity contribution >= 4 is 9.69 Å². The van der Waals surface area contributed by atoms with Crippen molar-refractivity contribution in [3.8, 4) is 0 Å². The average Bonchev–Trinajstić information content (AvgIpc) is 1.73. The van der Waals surface area contributed by atoms with Gasteiger partial charge in [0.15, 0.2) is 0 Å². The first-order valence-electron chi connectivity index (χ1n) is 2.02. The molecule has 0 aromatic carbocycles. The van der Waals surface area contributed by atoms with Crippen LogP contribution in [-0.4, -0.2) is 0 Å². The summed E-state index contributed by atoms with van der Waals surface area (Å²) < 4.78 is 0. The first-order chi connectivity index (χ1) is 3.27. The Hall–Kier alpha value is 0.653. The summed E-state index contributed by atoms with van der Waals surface area (Å²) >= 11 is 0.847. The van der Waals surface area contributed by atoms with Gasteiger partial charge in [0, 0.05) is 0 Å². The van der Waals surface area contributed by atoms with Crippen LogP contribution in [0.1, 0.15) is 20.8 Å². The monoisotopic (exact) mass is 168 g/mol.